The summed E-state index contributed by atoms with van der Waals surface area (Å²) in [5.41, 5.74) is 14.4. The van der Waals surface area contributed by atoms with E-state index in [0.29, 0.717) is 0 Å². The molecule has 8 aromatic rings. The molecule has 11 rings (SSSR count). The van der Waals surface area contributed by atoms with Gasteiger partial charge in [-0.25, -0.2) is 0 Å². The number of aromatic nitrogens is 1. The predicted molar refractivity (Wildman–Crippen MR) is 195 cm³/mol. The van der Waals surface area contributed by atoms with E-state index in [1.165, 1.54) is 55.3 Å². The molecule has 5 heteroatoms. The van der Waals surface area contributed by atoms with Gasteiger partial charge >= 0.3 is 0 Å². The van der Waals surface area contributed by atoms with E-state index in [1.54, 1.807) is 0 Å². The van der Waals surface area contributed by atoms with E-state index in [4.69, 9.17) is 4.74 Å². The van der Waals surface area contributed by atoms with Crippen molar-refractivity contribution in [3.05, 3.63) is 158 Å². The Hall–Kier alpha value is -6.20. The molecule has 0 fully saturated rings. The molecule has 0 saturated carbocycles. The van der Waals surface area contributed by atoms with Gasteiger partial charge in [0.2, 0.25) is 0 Å². The summed E-state index contributed by atoms with van der Waals surface area (Å²) in [6.07, 6.45) is 0. The summed E-state index contributed by atoms with van der Waals surface area (Å²) in [4.78, 5) is 4.83. The predicted octanol–water partition coefficient (Wildman–Crippen LogP) is 8.97. The molecule has 7 aromatic carbocycles. The van der Waals surface area contributed by atoms with Crippen LogP contribution in [0.4, 0.5) is 34.1 Å². The summed E-state index contributed by atoms with van der Waals surface area (Å²) >= 11 is 0. The van der Waals surface area contributed by atoms with E-state index in [0.717, 1.165) is 34.2 Å². The zero-order chi connectivity index (χ0) is 30.6. The Morgan fingerprint density at radius 1 is 0.426 bits per heavy atom. The molecular formula is C42H26BN3O. The number of anilines is 6. The van der Waals surface area contributed by atoms with Gasteiger partial charge in [-0.3, -0.25) is 0 Å². The van der Waals surface area contributed by atoms with Gasteiger partial charge in [0.15, 0.2) is 11.5 Å². The molecule has 0 spiro atoms. The van der Waals surface area contributed by atoms with Crippen LogP contribution in [0.3, 0.4) is 0 Å². The van der Waals surface area contributed by atoms with E-state index < -0.39 is 0 Å². The number of ether oxygens (including phenoxy) is 1. The number of para-hydroxylation sites is 8. The van der Waals surface area contributed by atoms with Gasteiger partial charge in [0.05, 0.1) is 22.6 Å². The molecule has 1 aromatic heterocycles. The standard InChI is InChI=1S/C42H26BN3O/c1-2-13-27(14-3-1)44-34-20-7-5-17-31(34)43-32-18-12-16-30-29-15-4-6-19-33(29)46(42(30)32)38-26-28(25-37(44)41(38)43)45-35-21-8-10-23-39(35)47-40-24-11-9-22-36(40)45/h1-26H. The molecule has 0 amide bonds. The van der Waals surface area contributed by atoms with Crippen molar-refractivity contribution in [2.45, 2.75) is 0 Å². The second-order valence-electron chi connectivity index (χ2n) is 12.5. The van der Waals surface area contributed by atoms with Gasteiger partial charge in [-0.05, 0) is 77.1 Å². The fourth-order valence-electron chi connectivity index (χ4n) is 8.31. The topological polar surface area (TPSA) is 20.6 Å². The Balaban J connectivity index is 1.32. The number of rotatable bonds is 2. The van der Waals surface area contributed by atoms with E-state index in [9.17, 15) is 0 Å². The highest BCUT2D eigenvalue weighted by Gasteiger charge is 2.42. The maximum absolute atomic E-state index is 6.44. The number of fused-ring (bicyclic) bond motifs is 9. The molecule has 47 heavy (non-hydrogen) atoms. The zero-order valence-corrected chi connectivity index (χ0v) is 25.3. The number of hydrogen-bond donors (Lipinski definition) is 0. The minimum atomic E-state index is 0.0926. The first-order valence-corrected chi connectivity index (χ1v) is 16.2. The Kier molecular flexibility index (Phi) is 4.89. The van der Waals surface area contributed by atoms with Gasteiger partial charge in [-0.1, -0.05) is 97.1 Å². The lowest BCUT2D eigenvalue weighted by molar-refractivity contribution is 0.477. The second kappa shape index (κ2) is 9.18. The molecule has 4 nitrogen and oxygen atoms in total. The number of hydrogen-bond acceptors (Lipinski definition) is 3. The van der Waals surface area contributed by atoms with Gasteiger partial charge < -0.3 is 19.1 Å². The summed E-state index contributed by atoms with van der Waals surface area (Å²) in [7, 11) is 0. The van der Waals surface area contributed by atoms with Crippen LogP contribution in [0.5, 0.6) is 11.5 Å². The van der Waals surface area contributed by atoms with Crippen molar-refractivity contribution in [1.29, 1.82) is 0 Å². The third-order valence-corrected chi connectivity index (χ3v) is 10.1. The minimum absolute atomic E-state index is 0.0926. The van der Waals surface area contributed by atoms with E-state index >= 15 is 0 Å². The lowest BCUT2D eigenvalue weighted by Gasteiger charge is -2.41. The van der Waals surface area contributed by atoms with Crippen molar-refractivity contribution < 1.29 is 4.74 Å². The highest BCUT2D eigenvalue weighted by atomic mass is 16.5. The summed E-state index contributed by atoms with van der Waals surface area (Å²) in [5, 5.41) is 2.57. The number of nitrogens with zero attached hydrogens (tertiary/aromatic N) is 3. The first-order valence-electron chi connectivity index (χ1n) is 16.2. The van der Waals surface area contributed by atoms with Crippen LogP contribution in [0.1, 0.15) is 0 Å². The molecule has 3 aliphatic heterocycles. The lowest BCUT2D eigenvalue weighted by Crippen LogP contribution is -2.60. The molecule has 3 aliphatic rings. The average Bonchev–Trinajstić information content (AvgIpc) is 3.47. The Morgan fingerprint density at radius 3 is 1.83 bits per heavy atom. The van der Waals surface area contributed by atoms with Crippen LogP contribution in [0.25, 0.3) is 27.5 Å². The largest absolute Gasteiger partial charge is 0.453 e. The quantitative estimate of drug-likeness (QED) is 0.185. The van der Waals surface area contributed by atoms with Crippen molar-refractivity contribution >= 4 is 79.0 Å². The highest BCUT2D eigenvalue weighted by Crippen LogP contribution is 2.52. The van der Waals surface area contributed by atoms with Crippen LogP contribution in [0.2, 0.25) is 0 Å². The van der Waals surface area contributed by atoms with Gasteiger partial charge in [-0.15, -0.1) is 0 Å². The van der Waals surface area contributed by atoms with Gasteiger partial charge in [-0.2, -0.15) is 0 Å². The summed E-state index contributed by atoms with van der Waals surface area (Å²) in [6, 6.07) is 56.9. The Labute approximate surface area is 272 Å². The fourth-order valence-corrected chi connectivity index (χ4v) is 8.31. The SMILES string of the molecule is c1ccc(N2c3ccccc3B3c4c2cc(N2c5ccccc5Oc5ccccc52)cc4-n2c4ccccc4c4cccc3c42)cc1. The molecule has 0 N–H and O–H groups in total. The van der Waals surface area contributed by atoms with E-state index in [1.807, 2.05) is 12.1 Å². The third-order valence-electron chi connectivity index (χ3n) is 10.1. The molecule has 0 aliphatic carbocycles. The number of benzene rings is 7. The molecule has 0 saturated heterocycles. The first-order chi connectivity index (χ1) is 23.3. The summed E-state index contributed by atoms with van der Waals surface area (Å²) < 4.78 is 8.97. The minimum Gasteiger partial charge on any atom is -0.453 e. The summed E-state index contributed by atoms with van der Waals surface area (Å²) in [6.45, 7) is 0.0926. The van der Waals surface area contributed by atoms with Gasteiger partial charge in [0, 0.05) is 39.0 Å². The van der Waals surface area contributed by atoms with Crippen LogP contribution in [0, 0.1) is 0 Å². The molecule has 0 atom stereocenters. The molecule has 0 radical (unpaired) electrons. The fraction of sp³-hybridized carbons (Fsp3) is 0. The zero-order valence-electron chi connectivity index (χ0n) is 25.3. The van der Waals surface area contributed by atoms with E-state index in [-0.39, 0.29) is 6.71 Å². The Bertz CT molecular complexity index is 2550. The smallest absolute Gasteiger partial charge is 0.252 e. The molecule has 0 unspecified atom stereocenters. The van der Waals surface area contributed by atoms with E-state index in [2.05, 4.69) is 160 Å². The van der Waals surface area contributed by atoms with Crippen LogP contribution >= 0.6 is 0 Å². The van der Waals surface area contributed by atoms with Crippen LogP contribution in [-0.4, -0.2) is 11.3 Å². The third kappa shape index (κ3) is 3.27. The highest BCUT2D eigenvalue weighted by molar-refractivity contribution is 7.00. The van der Waals surface area contributed by atoms with Crippen molar-refractivity contribution in [3.63, 3.8) is 0 Å². The average molecular weight is 600 g/mol. The maximum atomic E-state index is 6.44. The van der Waals surface area contributed by atoms with Crippen molar-refractivity contribution in [2.24, 2.45) is 0 Å². The maximum Gasteiger partial charge on any atom is 0.252 e. The molecule has 4 heterocycles. The first kappa shape index (κ1) is 25.0. The van der Waals surface area contributed by atoms with Crippen molar-refractivity contribution in [2.75, 3.05) is 9.80 Å². The molecule has 0 bridgehead atoms. The van der Waals surface area contributed by atoms with Gasteiger partial charge in [0.25, 0.3) is 6.71 Å². The van der Waals surface area contributed by atoms with Crippen LogP contribution in [0.15, 0.2) is 158 Å². The normalized spacial score (nSPS) is 13.6. The van der Waals surface area contributed by atoms with Crippen molar-refractivity contribution in [3.8, 4) is 17.2 Å². The monoisotopic (exact) mass is 599 g/mol. The Morgan fingerprint density at radius 2 is 1.02 bits per heavy atom. The van der Waals surface area contributed by atoms with Crippen LogP contribution < -0.4 is 30.9 Å². The lowest BCUT2D eigenvalue weighted by atomic mass is 9.34. The second-order valence-corrected chi connectivity index (χ2v) is 12.5. The molecule has 218 valence electrons. The van der Waals surface area contributed by atoms with Crippen LogP contribution in [-0.2, 0) is 0 Å². The van der Waals surface area contributed by atoms with Crippen molar-refractivity contribution in [1.82, 2.24) is 4.57 Å². The molecular weight excluding hydrogens is 573 g/mol. The van der Waals surface area contributed by atoms with Gasteiger partial charge in [0.1, 0.15) is 0 Å². The summed E-state index contributed by atoms with van der Waals surface area (Å²) in [5.74, 6) is 1.69.